The Hall–Kier alpha value is -0.350. The van der Waals surface area contributed by atoms with Gasteiger partial charge in [-0.15, -0.1) is 0 Å². The standard InChI is InChI=1S/C22H44O3S/c1-2-3-4-5-6-7-8-9-10-11-12-13-14-15-16-17-18-19-20-21-22-26(23,24)25/h20-21H,2-19,22H2,1H3,(H,23,24,25)/b21-20+. The zero-order chi connectivity index (χ0) is 19.3. The minimum Gasteiger partial charge on any atom is -0.285 e. The van der Waals surface area contributed by atoms with Crippen LogP contribution in [0.3, 0.4) is 0 Å². The number of hydrogen-bond donors (Lipinski definition) is 1. The van der Waals surface area contributed by atoms with Crippen molar-refractivity contribution in [2.45, 2.75) is 122 Å². The van der Waals surface area contributed by atoms with Gasteiger partial charge in [-0.2, -0.15) is 8.42 Å². The van der Waals surface area contributed by atoms with Gasteiger partial charge in [-0.3, -0.25) is 4.55 Å². The van der Waals surface area contributed by atoms with Gasteiger partial charge in [-0.25, -0.2) is 0 Å². The van der Waals surface area contributed by atoms with Crippen LogP contribution in [-0.2, 0) is 10.1 Å². The summed E-state index contributed by atoms with van der Waals surface area (Å²) in [5.41, 5.74) is 0. The van der Waals surface area contributed by atoms with Crippen LogP contribution in [0.1, 0.15) is 122 Å². The Morgan fingerprint density at radius 2 is 0.923 bits per heavy atom. The molecule has 4 heteroatoms. The summed E-state index contributed by atoms with van der Waals surface area (Å²) in [6.07, 6.45) is 27.6. The SMILES string of the molecule is CCCCCCCCCCCCCCCCCCC/C=C/CS(=O)(=O)O. The summed E-state index contributed by atoms with van der Waals surface area (Å²) in [7, 11) is -3.83. The summed E-state index contributed by atoms with van der Waals surface area (Å²) in [6.45, 7) is 2.28. The van der Waals surface area contributed by atoms with Crippen LogP contribution in [0.15, 0.2) is 12.2 Å². The number of hydrogen-bond acceptors (Lipinski definition) is 2. The Labute approximate surface area is 163 Å². The van der Waals surface area contributed by atoms with E-state index in [2.05, 4.69) is 6.92 Å². The molecule has 156 valence electrons. The van der Waals surface area contributed by atoms with E-state index >= 15 is 0 Å². The molecule has 0 aromatic carbocycles. The maximum atomic E-state index is 10.5. The van der Waals surface area contributed by atoms with Crippen LogP contribution in [0.2, 0.25) is 0 Å². The molecule has 0 bridgehead atoms. The molecule has 0 heterocycles. The van der Waals surface area contributed by atoms with E-state index in [9.17, 15) is 8.42 Å². The third-order valence-electron chi connectivity index (χ3n) is 4.95. The van der Waals surface area contributed by atoms with E-state index < -0.39 is 10.1 Å². The molecule has 3 nitrogen and oxygen atoms in total. The van der Waals surface area contributed by atoms with Gasteiger partial charge in [0.15, 0.2) is 0 Å². The van der Waals surface area contributed by atoms with Gasteiger partial charge in [-0.1, -0.05) is 122 Å². The molecule has 0 aromatic heterocycles. The molecule has 26 heavy (non-hydrogen) atoms. The summed E-state index contributed by atoms with van der Waals surface area (Å²) in [5, 5.41) is 0. The van der Waals surface area contributed by atoms with Crippen molar-refractivity contribution in [2.24, 2.45) is 0 Å². The predicted octanol–water partition coefficient (Wildman–Crippen LogP) is 7.47. The largest absolute Gasteiger partial charge is 0.285 e. The molecule has 0 fully saturated rings. The molecule has 0 aromatic rings. The smallest absolute Gasteiger partial charge is 0.268 e. The summed E-state index contributed by atoms with van der Waals surface area (Å²) in [5.74, 6) is -0.258. The van der Waals surface area contributed by atoms with Gasteiger partial charge >= 0.3 is 0 Å². The van der Waals surface area contributed by atoms with Crippen LogP contribution < -0.4 is 0 Å². The third kappa shape index (κ3) is 23.6. The molecule has 0 unspecified atom stereocenters. The molecule has 0 aliphatic carbocycles. The van der Waals surface area contributed by atoms with Crippen molar-refractivity contribution < 1.29 is 13.0 Å². The van der Waals surface area contributed by atoms with Crippen LogP contribution >= 0.6 is 0 Å². The minimum atomic E-state index is -3.83. The Kier molecular flexibility index (Phi) is 19.2. The first-order valence-corrected chi connectivity index (χ1v) is 12.8. The summed E-state index contributed by atoms with van der Waals surface area (Å²) >= 11 is 0. The number of rotatable bonds is 20. The lowest BCUT2D eigenvalue weighted by Gasteiger charge is -2.03. The quantitative estimate of drug-likeness (QED) is 0.134. The monoisotopic (exact) mass is 388 g/mol. The lowest BCUT2D eigenvalue weighted by Crippen LogP contribution is -1.99. The van der Waals surface area contributed by atoms with Gasteiger partial charge in [0.1, 0.15) is 0 Å². The van der Waals surface area contributed by atoms with Gasteiger partial charge in [0.25, 0.3) is 10.1 Å². The highest BCUT2D eigenvalue weighted by atomic mass is 32.2. The molecule has 0 atom stereocenters. The van der Waals surface area contributed by atoms with Gasteiger partial charge in [0, 0.05) is 0 Å². The molecular weight excluding hydrogens is 344 g/mol. The van der Waals surface area contributed by atoms with Crippen molar-refractivity contribution in [1.82, 2.24) is 0 Å². The first-order chi connectivity index (χ1) is 12.6. The number of unbranched alkanes of at least 4 members (excludes halogenated alkanes) is 17. The zero-order valence-corrected chi connectivity index (χ0v) is 18.1. The summed E-state index contributed by atoms with van der Waals surface area (Å²) < 4.78 is 29.6. The topological polar surface area (TPSA) is 54.4 Å². The van der Waals surface area contributed by atoms with E-state index in [1.165, 1.54) is 103 Å². The lowest BCUT2D eigenvalue weighted by molar-refractivity contribution is 0.486. The molecule has 0 rings (SSSR count). The lowest BCUT2D eigenvalue weighted by atomic mass is 10.0. The van der Waals surface area contributed by atoms with Crippen LogP contribution in [0, 0.1) is 0 Å². The average molecular weight is 389 g/mol. The first-order valence-electron chi connectivity index (χ1n) is 11.2. The van der Waals surface area contributed by atoms with Gasteiger partial charge in [-0.05, 0) is 12.8 Å². The second-order valence-corrected chi connectivity index (χ2v) is 9.16. The maximum absolute atomic E-state index is 10.5. The van der Waals surface area contributed by atoms with Crippen LogP contribution in [0.5, 0.6) is 0 Å². The Morgan fingerprint density at radius 1 is 0.577 bits per heavy atom. The van der Waals surface area contributed by atoms with Crippen LogP contribution in [0.4, 0.5) is 0 Å². The Morgan fingerprint density at radius 3 is 1.27 bits per heavy atom. The highest BCUT2D eigenvalue weighted by molar-refractivity contribution is 7.85. The molecule has 0 saturated carbocycles. The van der Waals surface area contributed by atoms with Crippen molar-refractivity contribution >= 4 is 10.1 Å². The highest BCUT2D eigenvalue weighted by Gasteiger charge is 1.98. The van der Waals surface area contributed by atoms with E-state index in [1.807, 2.05) is 6.08 Å². The normalized spacial score (nSPS) is 12.2. The molecule has 1 N–H and O–H groups in total. The average Bonchev–Trinajstić information content (AvgIpc) is 2.59. The van der Waals surface area contributed by atoms with Crippen molar-refractivity contribution in [2.75, 3.05) is 5.75 Å². The van der Waals surface area contributed by atoms with E-state index in [4.69, 9.17) is 4.55 Å². The predicted molar refractivity (Wildman–Crippen MR) is 114 cm³/mol. The number of allylic oxidation sites excluding steroid dienone is 1. The molecule has 0 radical (unpaired) electrons. The zero-order valence-electron chi connectivity index (χ0n) is 17.3. The van der Waals surface area contributed by atoms with Crippen LogP contribution in [-0.4, -0.2) is 18.7 Å². The molecule has 0 spiro atoms. The Bertz CT molecular complexity index is 402. The van der Waals surface area contributed by atoms with Crippen molar-refractivity contribution in [3.05, 3.63) is 12.2 Å². The minimum absolute atomic E-state index is 0.258. The van der Waals surface area contributed by atoms with E-state index in [0.717, 1.165) is 12.8 Å². The van der Waals surface area contributed by atoms with E-state index in [-0.39, 0.29) is 5.75 Å². The second-order valence-electron chi connectivity index (χ2n) is 7.67. The van der Waals surface area contributed by atoms with Gasteiger partial charge < -0.3 is 0 Å². The maximum Gasteiger partial charge on any atom is 0.268 e. The second kappa shape index (κ2) is 19.4. The van der Waals surface area contributed by atoms with Gasteiger partial charge in [0.2, 0.25) is 0 Å². The molecular formula is C22H44O3S. The molecule has 0 amide bonds. The van der Waals surface area contributed by atoms with Crippen molar-refractivity contribution in [3.63, 3.8) is 0 Å². The fourth-order valence-electron chi connectivity index (χ4n) is 3.29. The Balaban J connectivity index is 3.09. The van der Waals surface area contributed by atoms with E-state index in [0.29, 0.717) is 0 Å². The fraction of sp³-hybridized carbons (Fsp3) is 0.909. The molecule has 0 aliphatic heterocycles. The van der Waals surface area contributed by atoms with E-state index in [1.54, 1.807) is 6.08 Å². The highest BCUT2D eigenvalue weighted by Crippen LogP contribution is 2.14. The first kappa shape index (κ1) is 25.6. The third-order valence-corrected chi connectivity index (χ3v) is 5.56. The van der Waals surface area contributed by atoms with Crippen molar-refractivity contribution in [1.29, 1.82) is 0 Å². The summed E-state index contributed by atoms with van der Waals surface area (Å²) in [4.78, 5) is 0. The van der Waals surface area contributed by atoms with Crippen LogP contribution in [0.25, 0.3) is 0 Å². The van der Waals surface area contributed by atoms with Gasteiger partial charge in [0.05, 0.1) is 5.75 Å². The molecule has 0 saturated heterocycles. The summed E-state index contributed by atoms with van der Waals surface area (Å²) in [6, 6.07) is 0. The van der Waals surface area contributed by atoms with Crippen molar-refractivity contribution in [3.8, 4) is 0 Å². The fourth-order valence-corrected chi connectivity index (χ4v) is 3.67. The molecule has 0 aliphatic rings.